The molecule has 0 aliphatic rings. The molecule has 0 radical (unpaired) electrons. The first-order chi connectivity index (χ1) is 9.29. The summed E-state index contributed by atoms with van der Waals surface area (Å²) < 4.78 is 0. The Hall–Kier alpha value is -2.12. The lowest BCUT2D eigenvalue weighted by atomic mass is 9.93. The predicted octanol–water partition coefficient (Wildman–Crippen LogP) is 4.31. The summed E-state index contributed by atoms with van der Waals surface area (Å²) >= 11 is 0. The molecule has 19 heavy (non-hydrogen) atoms. The number of rotatable bonds is 2. The molecule has 3 aromatic rings. The first-order valence-corrected chi connectivity index (χ1v) is 6.48. The second kappa shape index (κ2) is 4.87. The summed E-state index contributed by atoms with van der Waals surface area (Å²) in [4.78, 5) is 0. The third-order valence-corrected chi connectivity index (χ3v) is 3.54. The van der Waals surface area contributed by atoms with Gasteiger partial charge in [0.1, 0.15) is 0 Å². The third-order valence-electron chi connectivity index (χ3n) is 3.54. The lowest BCUT2D eigenvalue weighted by Gasteiger charge is -2.11. The molecule has 0 spiro atoms. The molecule has 0 aliphatic carbocycles. The van der Waals surface area contributed by atoms with Crippen molar-refractivity contribution in [1.29, 1.82) is 0 Å². The standard InChI is InChI=1S/C18H16O/c1-13-9-10-15-6-2-3-8-17(15)18(13)16-7-4-5-14(11-16)12-19/h2-11,19H,12H2,1H3. The van der Waals surface area contributed by atoms with Crippen LogP contribution < -0.4 is 0 Å². The maximum Gasteiger partial charge on any atom is 0.0682 e. The van der Waals surface area contributed by atoms with Gasteiger partial charge in [0.05, 0.1) is 6.61 Å². The van der Waals surface area contributed by atoms with Crippen molar-refractivity contribution in [1.82, 2.24) is 0 Å². The van der Waals surface area contributed by atoms with E-state index >= 15 is 0 Å². The average Bonchev–Trinajstić information content (AvgIpc) is 2.47. The van der Waals surface area contributed by atoms with Gasteiger partial charge in [-0.15, -0.1) is 0 Å². The van der Waals surface area contributed by atoms with E-state index in [1.54, 1.807) is 0 Å². The van der Waals surface area contributed by atoms with Gasteiger partial charge in [-0.25, -0.2) is 0 Å². The SMILES string of the molecule is Cc1ccc2ccccc2c1-c1cccc(CO)c1. The van der Waals surface area contributed by atoms with E-state index in [4.69, 9.17) is 0 Å². The highest BCUT2D eigenvalue weighted by molar-refractivity contribution is 5.98. The Labute approximate surface area is 113 Å². The van der Waals surface area contributed by atoms with Crippen molar-refractivity contribution in [3.05, 3.63) is 71.8 Å². The van der Waals surface area contributed by atoms with Gasteiger partial charge in [0.15, 0.2) is 0 Å². The first kappa shape index (κ1) is 11.9. The number of hydrogen-bond acceptors (Lipinski definition) is 1. The molecule has 0 aliphatic heterocycles. The van der Waals surface area contributed by atoms with E-state index in [0.29, 0.717) is 0 Å². The Morgan fingerprint density at radius 1 is 0.895 bits per heavy atom. The smallest absolute Gasteiger partial charge is 0.0682 e. The van der Waals surface area contributed by atoms with Crippen molar-refractivity contribution in [3.63, 3.8) is 0 Å². The minimum Gasteiger partial charge on any atom is -0.392 e. The number of hydrogen-bond donors (Lipinski definition) is 1. The molecule has 0 atom stereocenters. The molecule has 1 heteroatoms. The average molecular weight is 248 g/mol. The lowest BCUT2D eigenvalue weighted by Crippen LogP contribution is -1.89. The van der Waals surface area contributed by atoms with Crippen LogP contribution in [0.1, 0.15) is 11.1 Å². The highest BCUT2D eigenvalue weighted by Gasteiger charge is 2.07. The number of aliphatic hydroxyl groups is 1. The molecule has 0 aromatic heterocycles. The van der Waals surface area contributed by atoms with E-state index in [0.717, 1.165) is 5.56 Å². The van der Waals surface area contributed by atoms with Crippen LogP contribution in [0.3, 0.4) is 0 Å². The quantitative estimate of drug-likeness (QED) is 0.716. The summed E-state index contributed by atoms with van der Waals surface area (Å²) in [5.41, 5.74) is 4.63. The molecule has 0 heterocycles. The van der Waals surface area contributed by atoms with E-state index in [-0.39, 0.29) is 6.61 Å². The van der Waals surface area contributed by atoms with E-state index in [2.05, 4.69) is 55.5 Å². The minimum absolute atomic E-state index is 0.0810. The van der Waals surface area contributed by atoms with E-state index in [1.807, 2.05) is 12.1 Å². The Bertz CT molecular complexity index is 729. The first-order valence-electron chi connectivity index (χ1n) is 6.48. The van der Waals surface area contributed by atoms with Gasteiger partial charge in [-0.05, 0) is 46.0 Å². The van der Waals surface area contributed by atoms with Gasteiger partial charge in [0.25, 0.3) is 0 Å². The van der Waals surface area contributed by atoms with Gasteiger partial charge in [-0.1, -0.05) is 54.6 Å². The largest absolute Gasteiger partial charge is 0.392 e. The molecule has 0 unspecified atom stereocenters. The molecule has 3 aromatic carbocycles. The van der Waals surface area contributed by atoms with Crippen LogP contribution in [-0.2, 0) is 6.61 Å². The molecule has 94 valence electrons. The van der Waals surface area contributed by atoms with Gasteiger partial charge >= 0.3 is 0 Å². The van der Waals surface area contributed by atoms with Crippen LogP contribution >= 0.6 is 0 Å². The van der Waals surface area contributed by atoms with Crippen LogP contribution in [0.25, 0.3) is 21.9 Å². The van der Waals surface area contributed by atoms with Gasteiger partial charge in [-0.3, -0.25) is 0 Å². The zero-order valence-corrected chi connectivity index (χ0v) is 10.9. The topological polar surface area (TPSA) is 20.2 Å². The molecule has 1 N–H and O–H groups in total. The second-order valence-corrected chi connectivity index (χ2v) is 4.84. The van der Waals surface area contributed by atoms with Crippen molar-refractivity contribution >= 4 is 10.8 Å². The molecule has 0 saturated heterocycles. The Morgan fingerprint density at radius 3 is 2.58 bits per heavy atom. The van der Waals surface area contributed by atoms with Gasteiger partial charge < -0.3 is 5.11 Å². The summed E-state index contributed by atoms with van der Waals surface area (Å²) in [6.07, 6.45) is 0. The van der Waals surface area contributed by atoms with E-state index in [9.17, 15) is 5.11 Å². The number of aryl methyl sites for hydroxylation is 1. The zero-order valence-electron chi connectivity index (χ0n) is 10.9. The number of fused-ring (bicyclic) bond motifs is 1. The van der Waals surface area contributed by atoms with Crippen LogP contribution in [0, 0.1) is 6.92 Å². The fraction of sp³-hybridized carbons (Fsp3) is 0.111. The van der Waals surface area contributed by atoms with Crippen molar-refractivity contribution in [3.8, 4) is 11.1 Å². The maximum atomic E-state index is 9.29. The van der Waals surface area contributed by atoms with Crippen LogP contribution in [-0.4, -0.2) is 5.11 Å². The summed E-state index contributed by atoms with van der Waals surface area (Å²) in [7, 11) is 0. The monoisotopic (exact) mass is 248 g/mol. The molecule has 0 amide bonds. The van der Waals surface area contributed by atoms with Crippen molar-refractivity contribution in [2.75, 3.05) is 0 Å². The fourth-order valence-electron chi connectivity index (χ4n) is 2.59. The molecule has 0 fully saturated rings. The Morgan fingerprint density at radius 2 is 1.74 bits per heavy atom. The Kier molecular flexibility index (Phi) is 3.06. The van der Waals surface area contributed by atoms with Crippen molar-refractivity contribution in [2.24, 2.45) is 0 Å². The molecule has 1 nitrogen and oxygen atoms in total. The maximum absolute atomic E-state index is 9.29. The van der Waals surface area contributed by atoms with Gasteiger partial charge in [-0.2, -0.15) is 0 Å². The summed E-state index contributed by atoms with van der Waals surface area (Å²) in [6.45, 7) is 2.21. The Balaban J connectivity index is 2.31. The van der Waals surface area contributed by atoms with Crippen LogP contribution in [0.4, 0.5) is 0 Å². The molecule has 3 rings (SSSR count). The highest BCUT2D eigenvalue weighted by Crippen LogP contribution is 2.32. The highest BCUT2D eigenvalue weighted by atomic mass is 16.3. The number of benzene rings is 3. The zero-order chi connectivity index (χ0) is 13.2. The minimum atomic E-state index is 0.0810. The van der Waals surface area contributed by atoms with Crippen molar-refractivity contribution in [2.45, 2.75) is 13.5 Å². The van der Waals surface area contributed by atoms with Gasteiger partial charge in [0, 0.05) is 0 Å². The normalized spacial score (nSPS) is 10.8. The van der Waals surface area contributed by atoms with Crippen LogP contribution in [0.15, 0.2) is 60.7 Å². The predicted molar refractivity (Wildman–Crippen MR) is 80.0 cm³/mol. The fourth-order valence-corrected chi connectivity index (χ4v) is 2.59. The van der Waals surface area contributed by atoms with Crippen LogP contribution in [0.5, 0.6) is 0 Å². The summed E-state index contributed by atoms with van der Waals surface area (Å²) in [5.74, 6) is 0. The lowest BCUT2D eigenvalue weighted by molar-refractivity contribution is 0.282. The van der Waals surface area contributed by atoms with E-state index in [1.165, 1.54) is 27.5 Å². The third kappa shape index (κ3) is 2.13. The summed E-state index contributed by atoms with van der Waals surface area (Å²) in [5, 5.41) is 11.8. The molecule has 0 bridgehead atoms. The molecular formula is C18H16O. The van der Waals surface area contributed by atoms with Crippen LogP contribution in [0.2, 0.25) is 0 Å². The van der Waals surface area contributed by atoms with Crippen molar-refractivity contribution < 1.29 is 5.11 Å². The molecule has 0 saturated carbocycles. The number of aliphatic hydroxyl groups excluding tert-OH is 1. The second-order valence-electron chi connectivity index (χ2n) is 4.84. The summed E-state index contributed by atoms with van der Waals surface area (Å²) in [6, 6.07) is 20.9. The van der Waals surface area contributed by atoms with Gasteiger partial charge in [0.2, 0.25) is 0 Å². The van der Waals surface area contributed by atoms with E-state index < -0.39 is 0 Å². The molecular weight excluding hydrogens is 232 g/mol.